The molecule has 4 nitrogen and oxygen atoms in total. The number of hydrogen-bond donors (Lipinski definition) is 1. The van der Waals surface area contributed by atoms with Crippen LogP contribution in [0.4, 0.5) is 11.4 Å². The second-order valence-electron chi connectivity index (χ2n) is 6.33. The number of aryl methyl sites for hydroxylation is 2. The maximum absolute atomic E-state index is 12.4. The number of thiazole rings is 1. The fourth-order valence-corrected chi connectivity index (χ4v) is 4.64. The second-order valence-corrected chi connectivity index (χ2v) is 8.58. The molecule has 0 spiro atoms. The Morgan fingerprint density at radius 3 is 2.81 bits per heavy atom. The van der Waals surface area contributed by atoms with Gasteiger partial charge in [0, 0.05) is 25.5 Å². The molecule has 26 heavy (non-hydrogen) atoms. The van der Waals surface area contributed by atoms with E-state index in [1.807, 2.05) is 39.2 Å². The molecular weight excluding hydrogens is 362 g/mol. The van der Waals surface area contributed by atoms with Gasteiger partial charge in [-0.2, -0.15) is 0 Å². The minimum Gasteiger partial charge on any atom is -0.378 e. The Labute approximate surface area is 162 Å². The Morgan fingerprint density at radius 1 is 1.27 bits per heavy atom. The van der Waals surface area contributed by atoms with E-state index in [0.717, 1.165) is 37.9 Å². The van der Waals surface area contributed by atoms with Crippen molar-refractivity contribution in [3.63, 3.8) is 0 Å². The average molecular weight is 386 g/mol. The number of fused-ring (bicyclic) bond motifs is 1. The molecule has 3 rings (SSSR count). The van der Waals surface area contributed by atoms with Crippen LogP contribution in [0.25, 0.3) is 10.2 Å². The average Bonchev–Trinajstić information content (AvgIpc) is 3.03. The molecule has 0 aliphatic heterocycles. The molecule has 0 bridgehead atoms. The highest BCUT2D eigenvalue weighted by Gasteiger charge is 2.11. The summed E-state index contributed by atoms with van der Waals surface area (Å²) in [6, 6.07) is 12.4. The van der Waals surface area contributed by atoms with Crippen LogP contribution in [0.2, 0.25) is 0 Å². The summed E-state index contributed by atoms with van der Waals surface area (Å²) in [5, 5.41) is 3.07. The number of carbonyl (C=O) groups is 1. The molecule has 2 aromatic carbocycles. The summed E-state index contributed by atoms with van der Waals surface area (Å²) in [5.74, 6) is 0.366. The van der Waals surface area contributed by atoms with E-state index in [1.54, 1.807) is 11.3 Å². The van der Waals surface area contributed by atoms with Crippen LogP contribution in [0.3, 0.4) is 0 Å². The van der Waals surface area contributed by atoms with Gasteiger partial charge in [0.05, 0.1) is 16.0 Å². The van der Waals surface area contributed by atoms with Gasteiger partial charge >= 0.3 is 0 Å². The van der Waals surface area contributed by atoms with E-state index in [0.29, 0.717) is 5.75 Å². The first-order valence-electron chi connectivity index (χ1n) is 8.57. The maximum atomic E-state index is 12.4. The van der Waals surface area contributed by atoms with Crippen LogP contribution in [-0.2, 0) is 11.2 Å². The molecule has 0 aliphatic carbocycles. The predicted octanol–water partition coefficient (Wildman–Crippen LogP) is 4.96. The number of anilines is 2. The van der Waals surface area contributed by atoms with Gasteiger partial charge in [0.1, 0.15) is 0 Å². The SMILES string of the molecule is CCc1cccc(C)c1NC(=O)CSc1nc2ccc(N(C)C)cc2s1. The number of thioether (sulfide) groups is 1. The van der Waals surface area contributed by atoms with Crippen molar-refractivity contribution >= 4 is 50.6 Å². The zero-order valence-electron chi connectivity index (χ0n) is 15.5. The Hall–Kier alpha value is -2.05. The quantitative estimate of drug-likeness (QED) is 0.609. The number of nitrogens with one attached hydrogen (secondary N) is 1. The van der Waals surface area contributed by atoms with E-state index in [4.69, 9.17) is 0 Å². The standard InChI is InChI=1S/C20H23N3OS2/c1-5-14-8-6-7-13(2)19(14)22-18(24)12-25-20-21-16-10-9-15(23(3)4)11-17(16)26-20/h6-11H,5,12H2,1-4H3,(H,22,24). The van der Waals surface area contributed by atoms with Crippen molar-refractivity contribution in [3.05, 3.63) is 47.5 Å². The fourth-order valence-electron chi connectivity index (χ4n) is 2.74. The van der Waals surface area contributed by atoms with Crippen molar-refractivity contribution in [1.29, 1.82) is 0 Å². The number of para-hydroxylation sites is 1. The monoisotopic (exact) mass is 385 g/mol. The van der Waals surface area contributed by atoms with Crippen molar-refractivity contribution in [2.24, 2.45) is 0 Å². The second kappa shape index (κ2) is 8.10. The molecule has 0 unspecified atom stereocenters. The number of nitrogens with zero attached hydrogens (tertiary/aromatic N) is 2. The Balaban J connectivity index is 1.67. The lowest BCUT2D eigenvalue weighted by Crippen LogP contribution is -2.16. The van der Waals surface area contributed by atoms with Gasteiger partial charge in [-0.3, -0.25) is 4.79 Å². The van der Waals surface area contributed by atoms with Crippen LogP contribution in [-0.4, -0.2) is 30.7 Å². The maximum Gasteiger partial charge on any atom is 0.234 e. The molecule has 0 saturated carbocycles. The molecule has 6 heteroatoms. The Kier molecular flexibility index (Phi) is 5.84. The minimum absolute atomic E-state index is 0.00670. The number of benzene rings is 2. The third-order valence-electron chi connectivity index (χ3n) is 4.20. The third kappa shape index (κ3) is 4.19. The van der Waals surface area contributed by atoms with Gasteiger partial charge < -0.3 is 10.2 Å². The van der Waals surface area contributed by atoms with Gasteiger partial charge in [-0.1, -0.05) is 36.9 Å². The van der Waals surface area contributed by atoms with Crippen LogP contribution < -0.4 is 10.2 Å². The number of carbonyl (C=O) groups excluding carboxylic acids is 1. The van der Waals surface area contributed by atoms with Crippen LogP contribution >= 0.6 is 23.1 Å². The first kappa shape index (κ1) is 18.7. The van der Waals surface area contributed by atoms with Gasteiger partial charge in [0.2, 0.25) is 5.91 Å². The first-order valence-corrected chi connectivity index (χ1v) is 10.4. The molecule has 1 amide bonds. The molecule has 0 saturated heterocycles. The molecule has 0 aliphatic rings. The molecule has 0 atom stereocenters. The van der Waals surface area contributed by atoms with Crippen molar-refractivity contribution in [3.8, 4) is 0 Å². The minimum atomic E-state index is 0.00670. The number of aromatic nitrogens is 1. The van der Waals surface area contributed by atoms with E-state index >= 15 is 0 Å². The predicted molar refractivity (Wildman–Crippen MR) is 114 cm³/mol. The van der Waals surface area contributed by atoms with Gasteiger partial charge in [-0.25, -0.2) is 4.98 Å². The van der Waals surface area contributed by atoms with E-state index < -0.39 is 0 Å². The summed E-state index contributed by atoms with van der Waals surface area (Å²) in [6.07, 6.45) is 0.899. The molecule has 0 radical (unpaired) electrons. The van der Waals surface area contributed by atoms with Crippen molar-refractivity contribution < 1.29 is 4.79 Å². The smallest absolute Gasteiger partial charge is 0.234 e. The largest absolute Gasteiger partial charge is 0.378 e. The molecule has 3 aromatic rings. The summed E-state index contributed by atoms with van der Waals surface area (Å²) in [4.78, 5) is 19.1. The highest BCUT2D eigenvalue weighted by Crippen LogP contribution is 2.32. The lowest BCUT2D eigenvalue weighted by Gasteiger charge is -2.12. The summed E-state index contributed by atoms with van der Waals surface area (Å²) in [7, 11) is 4.05. The van der Waals surface area contributed by atoms with Crippen molar-refractivity contribution in [1.82, 2.24) is 4.98 Å². The molecule has 1 N–H and O–H groups in total. The fraction of sp³-hybridized carbons (Fsp3) is 0.300. The van der Waals surface area contributed by atoms with Crippen LogP contribution in [0.1, 0.15) is 18.1 Å². The van der Waals surface area contributed by atoms with Crippen molar-refractivity contribution in [2.45, 2.75) is 24.6 Å². The van der Waals surface area contributed by atoms with E-state index in [1.165, 1.54) is 17.3 Å². The molecular formula is C20H23N3OS2. The highest BCUT2D eigenvalue weighted by molar-refractivity contribution is 8.01. The van der Waals surface area contributed by atoms with Crippen LogP contribution in [0.15, 0.2) is 40.7 Å². The normalized spacial score (nSPS) is 10.9. The van der Waals surface area contributed by atoms with Crippen LogP contribution in [0, 0.1) is 6.92 Å². The molecule has 1 aromatic heterocycles. The zero-order chi connectivity index (χ0) is 18.7. The number of amides is 1. The zero-order valence-corrected chi connectivity index (χ0v) is 17.1. The lowest BCUT2D eigenvalue weighted by molar-refractivity contribution is -0.113. The number of hydrogen-bond acceptors (Lipinski definition) is 5. The Morgan fingerprint density at radius 2 is 2.08 bits per heavy atom. The summed E-state index contributed by atoms with van der Waals surface area (Å²) in [6.45, 7) is 4.13. The lowest BCUT2D eigenvalue weighted by atomic mass is 10.1. The summed E-state index contributed by atoms with van der Waals surface area (Å²) < 4.78 is 2.07. The topological polar surface area (TPSA) is 45.2 Å². The molecule has 1 heterocycles. The first-order chi connectivity index (χ1) is 12.5. The van der Waals surface area contributed by atoms with E-state index in [9.17, 15) is 4.79 Å². The molecule has 0 fully saturated rings. The van der Waals surface area contributed by atoms with E-state index in [2.05, 4.69) is 40.3 Å². The summed E-state index contributed by atoms with van der Waals surface area (Å²) in [5.41, 5.74) is 5.34. The van der Waals surface area contributed by atoms with Crippen LogP contribution in [0.5, 0.6) is 0 Å². The third-order valence-corrected chi connectivity index (χ3v) is 6.36. The highest BCUT2D eigenvalue weighted by atomic mass is 32.2. The van der Waals surface area contributed by atoms with Gasteiger partial charge in [-0.05, 0) is 42.7 Å². The van der Waals surface area contributed by atoms with E-state index in [-0.39, 0.29) is 5.91 Å². The Bertz CT molecular complexity index is 934. The summed E-state index contributed by atoms with van der Waals surface area (Å²) >= 11 is 3.12. The van der Waals surface area contributed by atoms with Gasteiger partial charge in [0.25, 0.3) is 0 Å². The number of rotatable bonds is 6. The molecule has 136 valence electrons. The van der Waals surface area contributed by atoms with Gasteiger partial charge in [-0.15, -0.1) is 11.3 Å². The van der Waals surface area contributed by atoms with Gasteiger partial charge in [0.15, 0.2) is 4.34 Å². The van der Waals surface area contributed by atoms with Crippen molar-refractivity contribution in [2.75, 3.05) is 30.1 Å².